The molecule has 164 valence electrons. The van der Waals surface area contributed by atoms with E-state index in [9.17, 15) is 14.4 Å². The number of esters is 2. The van der Waals surface area contributed by atoms with Crippen molar-refractivity contribution in [1.29, 1.82) is 0 Å². The van der Waals surface area contributed by atoms with Gasteiger partial charge in [0, 0.05) is 23.9 Å². The van der Waals surface area contributed by atoms with Gasteiger partial charge in [0.2, 0.25) is 0 Å². The Bertz CT molecular complexity index is 920. The summed E-state index contributed by atoms with van der Waals surface area (Å²) >= 11 is 0. The van der Waals surface area contributed by atoms with Gasteiger partial charge in [0.1, 0.15) is 11.6 Å². The molecule has 2 aromatic rings. The van der Waals surface area contributed by atoms with E-state index in [1.165, 1.54) is 12.0 Å². The van der Waals surface area contributed by atoms with E-state index >= 15 is 0 Å². The van der Waals surface area contributed by atoms with Gasteiger partial charge in [-0.25, -0.2) is 4.79 Å². The van der Waals surface area contributed by atoms with Crippen molar-refractivity contribution in [2.45, 2.75) is 44.8 Å². The molecule has 3 rings (SSSR count). The summed E-state index contributed by atoms with van der Waals surface area (Å²) in [7, 11) is 1.30. The van der Waals surface area contributed by atoms with E-state index < -0.39 is 29.5 Å². The van der Waals surface area contributed by atoms with Crippen LogP contribution in [0.4, 0.5) is 0 Å². The monoisotopic (exact) mass is 423 g/mol. The van der Waals surface area contributed by atoms with E-state index in [4.69, 9.17) is 9.47 Å². The highest BCUT2D eigenvalue weighted by atomic mass is 16.6. The highest BCUT2D eigenvalue weighted by molar-refractivity contribution is 5.97. The van der Waals surface area contributed by atoms with E-state index in [1.807, 2.05) is 36.4 Å². The molecule has 1 heterocycles. The average Bonchev–Trinajstić information content (AvgIpc) is 3.11. The van der Waals surface area contributed by atoms with E-state index in [2.05, 4.69) is 0 Å². The van der Waals surface area contributed by atoms with Crippen LogP contribution < -0.4 is 0 Å². The maximum atomic E-state index is 13.3. The molecule has 31 heavy (non-hydrogen) atoms. The SMILES string of the molecule is COC(=O)[C@@H]1[C@@H](CC(=O)OC(C)(C)C)[C@@H](c2ccccc2)CN1C(=O)c1ccccc1. The van der Waals surface area contributed by atoms with Crippen molar-refractivity contribution in [1.82, 2.24) is 4.90 Å². The Hall–Kier alpha value is -3.15. The number of carbonyl (C=O) groups is 3. The average molecular weight is 424 g/mol. The lowest BCUT2D eigenvalue weighted by Gasteiger charge is -2.27. The lowest BCUT2D eigenvalue weighted by atomic mass is 9.83. The van der Waals surface area contributed by atoms with Crippen LogP contribution in [0.2, 0.25) is 0 Å². The van der Waals surface area contributed by atoms with E-state index in [0.717, 1.165) is 5.56 Å². The Morgan fingerprint density at radius 3 is 2.10 bits per heavy atom. The molecule has 0 aromatic heterocycles. The van der Waals surface area contributed by atoms with Crippen LogP contribution in [0, 0.1) is 5.92 Å². The van der Waals surface area contributed by atoms with Gasteiger partial charge >= 0.3 is 11.9 Å². The second-order valence-corrected chi connectivity index (χ2v) is 8.76. The van der Waals surface area contributed by atoms with Crippen molar-refractivity contribution in [3.8, 4) is 0 Å². The second kappa shape index (κ2) is 9.33. The van der Waals surface area contributed by atoms with Gasteiger partial charge in [-0.1, -0.05) is 48.5 Å². The minimum absolute atomic E-state index is 0.00909. The third-order valence-corrected chi connectivity index (χ3v) is 5.43. The van der Waals surface area contributed by atoms with Crippen molar-refractivity contribution in [2.24, 2.45) is 5.92 Å². The van der Waals surface area contributed by atoms with Gasteiger partial charge in [-0.05, 0) is 38.5 Å². The predicted octanol–water partition coefficient (Wildman–Crippen LogP) is 3.82. The Kier molecular flexibility index (Phi) is 6.78. The van der Waals surface area contributed by atoms with Gasteiger partial charge in [-0.15, -0.1) is 0 Å². The molecule has 1 fully saturated rings. The molecule has 0 spiro atoms. The first-order valence-corrected chi connectivity index (χ1v) is 10.4. The topological polar surface area (TPSA) is 72.9 Å². The molecule has 1 saturated heterocycles. The number of rotatable bonds is 5. The minimum atomic E-state index is -0.879. The van der Waals surface area contributed by atoms with Gasteiger partial charge < -0.3 is 14.4 Å². The maximum Gasteiger partial charge on any atom is 0.328 e. The second-order valence-electron chi connectivity index (χ2n) is 8.76. The number of hydrogen-bond donors (Lipinski definition) is 0. The third-order valence-electron chi connectivity index (χ3n) is 5.43. The smallest absolute Gasteiger partial charge is 0.328 e. The molecule has 0 N–H and O–H groups in total. The Balaban J connectivity index is 2.00. The van der Waals surface area contributed by atoms with Crippen LogP contribution in [-0.2, 0) is 19.1 Å². The summed E-state index contributed by atoms with van der Waals surface area (Å²) in [4.78, 5) is 40.4. The largest absolute Gasteiger partial charge is 0.467 e. The van der Waals surface area contributed by atoms with Crippen molar-refractivity contribution < 1.29 is 23.9 Å². The highest BCUT2D eigenvalue weighted by Crippen LogP contribution is 2.41. The van der Waals surface area contributed by atoms with Gasteiger partial charge in [0.25, 0.3) is 5.91 Å². The first kappa shape index (κ1) is 22.5. The zero-order chi connectivity index (χ0) is 22.6. The van der Waals surface area contributed by atoms with E-state index in [1.54, 1.807) is 45.0 Å². The summed E-state index contributed by atoms with van der Waals surface area (Å²) in [6.07, 6.45) is 0.00909. The fourth-order valence-electron chi connectivity index (χ4n) is 4.17. The normalized spacial score (nSPS) is 20.9. The summed E-state index contributed by atoms with van der Waals surface area (Å²) in [5.74, 6) is -1.86. The quantitative estimate of drug-likeness (QED) is 0.684. The number of hydrogen-bond acceptors (Lipinski definition) is 5. The van der Waals surface area contributed by atoms with Crippen LogP contribution in [0.5, 0.6) is 0 Å². The molecular formula is C25H29NO5. The number of amides is 1. The van der Waals surface area contributed by atoms with Crippen LogP contribution >= 0.6 is 0 Å². The minimum Gasteiger partial charge on any atom is -0.467 e. The van der Waals surface area contributed by atoms with E-state index in [0.29, 0.717) is 12.1 Å². The van der Waals surface area contributed by atoms with Gasteiger partial charge in [0.15, 0.2) is 0 Å². The molecular weight excluding hydrogens is 394 g/mol. The number of likely N-dealkylation sites (tertiary alicyclic amines) is 1. The molecule has 6 nitrogen and oxygen atoms in total. The zero-order valence-electron chi connectivity index (χ0n) is 18.4. The van der Waals surface area contributed by atoms with Gasteiger partial charge in [-0.3, -0.25) is 9.59 Å². The molecule has 2 aromatic carbocycles. The Labute approximate surface area is 183 Å². The molecule has 0 bridgehead atoms. The van der Waals surface area contributed by atoms with Crippen molar-refractivity contribution in [2.75, 3.05) is 13.7 Å². The van der Waals surface area contributed by atoms with Crippen LogP contribution in [-0.4, -0.2) is 48.0 Å². The number of carbonyl (C=O) groups excluding carboxylic acids is 3. The number of ether oxygens (including phenoxy) is 2. The molecule has 0 aliphatic carbocycles. The molecule has 1 aliphatic rings. The van der Waals surface area contributed by atoms with Crippen LogP contribution in [0.15, 0.2) is 60.7 Å². The first-order chi connectivity index (χ1) is 14.7. The summed E-state index contributed by atoms with van der Waals surface area (Å²) in [6, 6.07) is 17.6. The van der Waals surface area contributed by atoms with Crippen LogP contribution in [0.3, 0.4) is 0 Å². The Morgan fingerprint density at radius 1 is 0.968 bits per heavy atom. The zero-order valence-corrected chi connectivity index (χ0v) is 18.4. The number of methoxy groups -OCH3 is 1. The number of benzene rings is 2. The molecule has 0 radical (unpaired) electrons. The summed E-state index contributed by atoms with van der Waals surface area (Å²) < 4.78 is 10.6. The lowest BCUT2D eigenvalue weighted by molar-refractivity contribution is -0.157. The van der Waals surface area contributed by atoms with Gasteiger partial charge in [0.05, 0.1) is 13.5 Å². The molecule has 1 amide bonds. The van der Waals surface area contributed by atoms with Crippen molar-refractivity contribution >= 4 is 17.8 Å². The molecule has 1 aliphatic heterocycles. The first-order valence-electron chi connectivity index (χ1n) is 10.4. The summed E-state index contributed by atoms with van der Waals surface area (Å²) in [5.41, 5.74) is 0.813. The fraction of sp³-hybridized carbons (Fsp3) is 0.400. The Morgan fingerprint density at radius 2 is 1.55 bits per heavy atom. The van der Waals surface area contributed by atoms with Crippen molar-refractivity contribution in [3.05, 3.63) is 71.8 Å². The third kappa shape index (κ3) is 5.32. The van der Waals surface area contributed by atoms with E-state index in [-0.39, 0.29) is 18.2 Å². The molecule has 3 atom stereocenters. The summed E-state index contributed by atoms with van der Waals surface area (Å²) in [5, 5.41) is 0. The standard InChI is InChI=1S/C25H29NO5/c1-25(2,3)31-21(27)15-19-20(17-11-7-5-8-12-17)16-26(22(19)24(29)30-4)23(28)18-13-9-6-10-14-18/h5-14,19-20,22H,15-16H2,1-4H3/t19-,20+,22-/m0/s1. The van der Waals surface area contributed by atoms with Crippen LogP contribution in [0.25, 0.3) is 0 Å². The lowest BCUT2D eigenvalue weighted by Crippen LogP contribution is -2.44. The predicted molar refractivity (Wildman–Crippen MR) is 116 cm³/mol. The molecule has 0 saturated carbocycles. The number of nitrogens with zero attached hydrogens (tertiary/aromatic N) is 1. The summed E-state index contributed by atoms with van der Waals surface area (Å²) in [6.45, 7) is 5.72. The molecule has 0 unspecified atom stereocenters. The molecule has 6 heteroatoms. The van der Waals surface area contributed by atoms with Crippen LogP contribution in [0.1, 0.15) is 49.0 Å². The fourth-order valence-corrected chi connectivity index (χ4v) is 4.17. The maximum absolute atomic E-state index is 13.3. The highest BCUT2D eigenvalue weighted by Gasteiger charge is 2.50. The van der Waals surface area contributed by atoms with Crippen molar-refractivity contribution in [3.63, 3.8) is 0 Å². The van der Waals surface area contributed by atoms with Gasteiger partial charge in [-0.2, -0.15) is 0 Å².